The summed E-state index contributed by atoms with van der Waals surface area (Å²) >= 11 is 6.79. The topological polar surface area (TPSA) is 12.0 Å². The predicted octanol–water partition coefficient (Wildman–Crippen LogP) is 5.10. The van der Waals surface area contributed by atoms with Gasteiger partial charge in [-0.05, 0) is 50.1 Å². The fraction of sp³-hybridized carbons (Fsp3) is 0.0769. The molecule has 18 heavy (non-hydrogen) atoms. The molecule has 2 aromatic rings. The molecule has 1 N–H and O–H groups in total. The van der Waals surface area contributed by atoms with Crippen molar-refractivity contribution < 1.29 is 8.78 Å². The number of rotatable bonds is 3. The highest BCUT2D eigenvalue weighted by molar-refractivity contribution is 9.11. The summed E-state index contributed by atoms with van der Waals surface area (Å²) in [5.41, 5.74) is 1.10. The lowest BCUT2D eigenvalue weighted by atomic mass is 10.2. The van der Waals surface area contributed by atoms with Gasteiger partial charge >= 0.3 is 0 Å². The third-order valence-electron chi connectivity index (χ3n) is 2.45. The van der Waals surface area contributed by atoms with Gasteiger partial charge in [-0.25, -0.2) is 8.78 Å². The molecular weight excluding hydrogens is 368 g/mol. The van der Waals surface area contributed by atoms with Crippen molar-refractivity contribution in [3.05, 3.63) is 62.5 Å². The van der Waals surface area contributed by atoms with E-state index in [9.17, 15) is 8.78 Å². The number of nitrogens with one attached hydrogen (secondary N) is 1. The van der Waals surface area contributed by atoms with E-state index in [0.29, 0.717) is 0 Å². The van der Waals surface area contributed by atoms with E-state index in [1.165, 1.54) is 6.07 Å². The molecule has 2 aromatic carbocycles. The van der Waals surface area contributed by atoms with Crippen LogP contribution in [-0.2, 0) is 6.54 Å². The first-order chi connectivity index (χ1) is 8.59. The lowest BCUT2D eigenvalue weighted by Crippen LogP contribution is -2.04. The van der Waals surface area contributed by atoms with Gasteiger partial charge in [0.2, 0.25) is 0 Å². The molecule has 1 nitrogen and oxygen atoms in total. The van der Waals surface area contributed by atoms with Crippen LogP contribution in [0.2, 0.25) is 0 Å². The summed E-state index contributed by atoms with van der Waals surface area (Å²) in [4.78, 5) is 0. The number of hydrogen-bond acceptors (Lipinski definition) is 1. The Bertz CT molecular complexity index is 553. The number of benzene rings is 2. The van der Waals surface area contributed by atoms with Gasteiger partial charge in [-0.15, -0.1) is 0 Å². The number of hydrogen-bond donors (Lipinski definition) is 1. The smallest absolute Gasteiger partial charge is 0.163 e. The van der Waals surface area contributed by atoms with Gasteiger partial charge in [0.1, 0.15) is 0 Å². The highest BCUT2D eigenvalue weighted by atomic mass is 79.9. The van der Waals surface area contributed by atoms with Gasteiger partial charge in [0, 0.05) is 21.1 Å². The van der Waals surface area contributed by atoms with Crippen LogP contribution in [0.25, 0.3) is 0 Å². The Balaban J connectivity index is 2.19. The minimum Gasteiger partial charge on any atom is -0.379 e. The Hall–Kier alpha value is -0.940. The van der Waals surface area contributed by atoms with E-state index in [0.717, 1.165) is 20.7 Å². The van der Waals surface area contributed by atoms with Crippen LogP contribution in [0.3, 0.4) is 0 Å². The molecule has 0 fully saturated rings. The molecule has 0 aliphatic rings. The zero-order chi connectivity index (χ0) is 13.1. The Morgan fingerprint density at radius 1 is 0.944 bits per heavy atom. The normalized spacial score (nSPS) is 10.4. The molecule has 0 bridgehead atoms. The average Bonchev–Trinajstić information content (AvgIpc) is 2.33. The molecule has 0 saturated heterocycles. The SMILES string of the molecule is Fc1cccc(CNc2c(Br)cccc2Br)c1F. The van der Waals surface area contributed by atoms with Gasteiger partial charge in [0.15, 0.2) is 11.6 Å². The molecular formula is C13H9Br2F2N. The summed E-state index contributed by atoms with van der Waals surface area (Å²) in [5.74, 6) is -1.64. The van der Waals surface area contributed by atoms with Gasteiger partial charge < -0.3 is 5.32 Å². The minimum absolute atomic E-state index is 0.213. The molecule has 2 rings (SSSR count). The van der Waals surface area contributed by atoms with Gasteiger partial charge in [-0.1, -0.05) is 18.2 Å². The first kappa shape index (κ1) is 13.5. The summed E-state index contributed by atoms with van der Waals surface area (Å²) in [5, 5.41) is 3.07. The largest absolute Gasteiger partial charge is 0.379 e. The second-order valence-corrected chi connectivity index (χ2v) is 5.37. The molecule has 0 aliphatic heterocycles. The highest BCUT2D eigenvalue weighted by Gasteiger charge is 2.09. The van der Waals surface area contributed by atoms with Crippen molar-refractivity contribution in [1.82, 2.24) is 0 Å². The summed E-state index contributed by atoms with van der Waals surface area (Å²) in [6, 6.07) is 9.76. The van der Waals surface area contributed by atoms with E-state index >= 15 is 0 Å². The molecule has 0 amide bonds. The van der Waals surface area contributed by atoms with Crippen molar-refractivity contribution in [1.29, 1.82) is 0 Å². The predicted molar refractivity (Wildman–Crippen MR) is 75.5 cm³/mol. The molecule has 0 aliphatic carbocycles. The van der Waals surface area contributed by atoms with Crippen molar-refractivity contribution in [2.75, 3.05) is 5.32 Å². The molecule has 0 aromatic heterocycles. The van der Waals surface area contributed by atoms with Crippen molar-refractivity contribution in [3.8, 4) is 0 Å². The molecule has 0 spiro atoms. The lowest BCUT2D eigenvalue weighted by Gasteiger charge is -2.11. The van der Waals surface area contributed by atoms with Crippen LogP contribution in [0.15, 0.2) is 45.3 Å². The van der Waals surface area contributed by atoms with E-state index in [1.807, 2.05) is 18.2 Å². The Kier molecular flexibility index (Phi) is 4.35. The van der Waals surface area contributed by atoms with Crippen LogP contribution in [0.4, 0.5) is 14.5 Å². The van der Waals surface area contributed by atoms with Crippen LogP contribution in [-0.4, -0.2) is 0 Å². The quantitative estimate of drug-likeness (QED) is 0.785. The fourth-order valence-corrected chi connectivity index (χ4v) is 2.81. The van der Waals surface area contributed by atoms with Crippen molar-refractivity contribution in [2.45, 2.75) is 6.54 Å². The maximum atomic E-state index is 13.5. The van der Waals surface area contributed by atoms with Crippen LogP contribution in [0.5, 0.6) is 0 Å². The third kappa shape index (κ3) is 2.90. The summed E-state index contributed by atoms with van der Waals surface area (Å²) < 4.78 is 28.2. The molecule has 0 unspecified atom stereocenters. The van der Waals surface area contributed by atoms with Crippen molar-refractivity contribution in [3.63, 3.8) is 0 Å². The molecule has 94 valence electrons. The van der Waals surface area contributed by atoms with E-state index in [-0.39, 0.29) is 12.1 Å². The summed E-state index contributed by atoms with van der Waals surface area (Å²) in [7, 11) is 0. The van der Waals surface area contributed by atoms with E-state index < -0.39 is 11.6 Å². The average molecular weight is 377 g/mol. The van der Waals surface area contributed by atoms with Gasteiger partial charge in [-0.2, -0.15) is 0 Å². The number of para-hydroxylation sites is 1. The zero-order valence-corrected chi connectivity index (χ0v) is 12.4. The molecule has 0 heterocycles. The van der Waals surface area contributed by atoms with Crippen LogP contribution in [0, 0.1) is 11.6 Å². The van der Waals surface area contributed by atoms with E-state index in [4.69, 9.17) is 0 Å². The molecule has 5 heteroatoms. The maximum Gasteiger partial charge on any atom is 0.163 e. The highest BCUT2D eigenvalue weighted by Crippen LogP contribution is 2.31. The number of halogens is 4. The number of anilines is 1. The van der Waals surface area contributed by atoms with Crippen LogP contribution in [0.1, 0.15) is 5.56 Å². The maximum absolute atomic E-state index is 13.5. The second kappa shape index (κ2) is 5.80. The van der Waals surface area contributed by atoms with Crippen molar-refractivity contribution >= 4 is 37.5 Å². The standard InChI is InChI=1S/C13H9Br2F2N/c14-9-4-2-5-10(15)13(9)18-7-8-3-1-6-11(16)12(8)17/h1-6,18H,7H2. The lowest BCUT2D eigenvalue weighted by molar-refractivity contribution is 0.500. The van der Waals surface area contributed by atoms with Crippen LogP contribution < -0.4 is 5.32 Å². The first-order valence-electron chi connectivity index (χ1n) is 5.20. The molecule has 0 radical (unpaired) electrons. The second-order valence-electron chi connectivity index (χ2n) is 3.66. The first-order valence-corrected chi connectivity index (χ1v) is 6.79. The van der Waals surface area contributed by atoms with E-state index in [2.05, 4.69) is 37.2 Å². The monoisotopic (exact) mass is 375 g/mol. The third-order valence-corrected chi connectivity index (χ3v) is 3.77. The minimum atomic E-state index is -0.833. The molecule has 0 atom stereocenters. The van der Waals surface area contributed by atoms with Gasteiger partial charge in [-0.3, -0.25) is 0 Å². The van der Waals surface area contributed by atoms with Gasteiger partial charge in [0.05, 0.1) is 5.69 Å². The fourth-order valence-electron chi connectivity index (χ4n) is 1.54. The Morgan fingerprint density at radius 3 is 2.22 bits per heavy atom. The van der Waals surface area contributed by atoms with Crippen LogP contribution >= 0.6 is 31.9 Å². The zero-order valence-electron chi connectivity index (χ0n) is 9.18. The van der Waals surface area contributed by atoms with Gasteiger partial charge in [0.25, 0.3) is 0 Å². The summed E-state index contributed by atoms with van der Waals surface area (Å²) in [6.07, 6.45) is 0. The Morgan fingerprint density at radius 2 is 1.56 bits per heavy atom. The van der Waals surface area contributed by atoms with E-state index in [1.54, 1.807) is 6.07 Å². The van der Waals surface area contributed by atoms with Crippen molar-refractivity contribution in [2.24, 2.45) is 0 Å². The molecule has 0 saturated carbocycles. The Labute approximate surface area is 120 Å². The summed E-state index contributed by atoms with van der Waals surface area (Å²) in [6.45, 7) is 0.213.